The molecule has 2 fully saturated rings. The zero-order chi connectivity index (χ0) is 9.80. The number of hydrogen-bond acceptors (Lipinski definition) is 2. The van der Waals surface area contributed by atoms with E-state index < -0.39 is 0 Å². The molecule has 0 aromatic heterocycles. The molecule has 0 aliphatic carbocycles. The summed E-state index contributed by atoms with van der Waals surface area (Å²) in [6, 6.07) is 0. The van der Waals surface area contributed by atoms with E-state index in [9.17, 15) is 0 Å². The first-order valence-electron chi connectivity index (χ1n) is 6.18. The van der Waals surface area contributed by atoms with Crippen molar-refractivity contribution in [1.82, 2.24) is 5.32 Å². The number of piperidine rings is 1. The maximum atomic E-state index is 5.66. The molecule has 0 aromatic rings. The Labute approximate surface area is 87.4 Å². The highest BCUT2D eigenvalue weighted by Gasteiger charge is 2.23. The van der Waals surface area contributed by atoms with Gasteiger partial charge < -0.3 is 10.1 Å². The second-order valence-corrected chi connectivity index (χ2v) is 4.94. The predicted molar refractivity (Wildman–Crippen MR) is 58.3 cm³/mol. The molecule has 2 aliphatic rings. The largest absolute Gasteiger partial charge is 0.378 e. The molecule has 0 spiro atoms. The van der Waals surface area contributed by atoms with Crippen LogP contribution in [0.3, 0.4) is 0 Å². The highest BCUT2D eigenvalue weighted by atomic mass is 16.5. The van der Waals surface area contributed by atoms with Crippen molar-refractivity contribution in [1.29, 1.82) is 0 Å². The summed E-state index contributed by atoms with van der Waals surface area (Å²) in [6.07, 6.45) is 7.17. The summed E-state index contributed by atoms with van der Waals surface area (Å²) in [5.41, 5.74) is 0. The van der Waals surface area contributed by atoms with Gasteiger partial charge in [0.1, 0.15) is 0 Å². The lowest BCUT2D eigenvalue weighted by Crippen LogP contribution is -2.35. The van der Waals surface area contributed by atoms with E-state index in [4.69, 9.17) is 4.74 Å². The molecule has 82 valence electrons. The van der Waals surface area contributed by atoms with Crippen LogP contribution >= 0.6 is 0 Å². The van der Waals surface area contributed by atoms with Crippen molar-refractivity contribution in [2.45, 2.75) is 45.1 Å². The summed E-state index contributed by atoms with van der Waals surface area (Å²) in [4.78, 5) is 0. The molecule has 2 nitrogen and oxygen atoms in total. The average Bonchev–Trinajstić information content (AvgIpc) is 2.69. The molecule has 2 heterocycles. The monoisotopic (exact) mass is 197 g/mol. The van der Waals surface area contributed by atoms with Gasteiger partial charge in [-0.25, -0.2) is 0 Å². The molecule has 2 saturated heterocycles. The fourth-order valence-corrected chi connectivity index (χ4v) is 2.71. The van der Waals surface area contributed by atoms with Crippen molar-refractivity contribution < 1.29 is 4.74 Å². The first-order chi connectivity index (χ1) is 6.86. The molecule has 3 atom stereocenters. The minimum Gasteiger partial charge on any atom is -0.378 e. The third-order valence-electron chi connectivity index (χ3n) is 3.87. The van der Waals surface area contributed by atoms with Crippen molar-refractivity contribution in [3.63, 3.8) is 0 Å². The predicted octanol–water partition coefficient (Wildman–Crippen LogP) is 2.19. The Balaban J connectivity index is 1.67. The van der Waals surface area contributed by atoms with E-state index in [1.165, 1.54) is 45.2 Å². The first-order valence-corrected chi connectivity index (χ1v) is 6.18. The molecule has 2 rings (SSSR count). The van der Waals surface area contributed by atoms with E-state index in [2.05, 4.69) is 12.2 Å². The van der Waals surface area contributed by atoms with Gasteiger partial charge in [0.25, 0.3) is 0 Å². The Hall–Kier alpha value is -0.0800. The lowest BCUT2D eigenvalue weighted by molar-refractivity contribution is 0.0927. The van der Waals surface area contributed by atoms with Crippen LogP contribution in [0.4, 0.5) is 0 Å². The Kier molecular flexibility index (Phi) is 3.82. The first kappa shape index (κ1) is 10.4. The maximum Gasteiger partial charge on any atom is 0.0576 e. The van der Waals surface area contributed by atoms with E-state index in [-0.39, 0.29) is 0 Å². The summed E-state index contributed by atoms with van der Waals surface area (Å²) < 4.78 is 5.66. The van der Waals surface area contributed by atoms with E-state index in [0.717, 1.165) is 18.4 Å². The van der Waals surface area contributed by atoms with Gasteiger partial charge in [0.05, 0.1) is 6.10 Å². The van der Waals surface area contributed by atoms with E-state index in [1.54, 1.807) is 0 Å². The lowest BCUT2D eigenvalue weighted by Gasteiger charge is -2.30. The molecule has 2 aliphatic heterocycles. The van der Waals surface area contributed by atoms with Crippen molar-refractivity contribution in [2.24, 2.45) is 11.8 Å². The molecule has 14 heavy (non-hydrogen) atoms. The van der Waals surface area contributed by atoms with Crippen molar-refractivity contribution >= 4 is 0 Å². The van der Waals surface area contributed by atoms with Gasteiger partial charge in [-0.2, -0.15) is 0 Å². The van der Waals surface area contributed by atoms with Gasteiger partial charge in [0, 0.05) is 6.61 Å². The highest BCUT2D eigenvalue weighted by molar-refractivity contribution is 4.77. The van der Waals surface area contributed by atoms with Crippen LogP contribution in [0.5, 0.6) is 0 Å². The van der Waals surface area contributed by atoms with Gasteiger partial charge in [0.15, 0.2) is 0 Å². The maximum absolute atomic E-state index is 5.66. The van der Waals surface area contributed by atoms with Crippen LogP contribution in [0.2, 0.25) is 0 Å². The molecule has 1 N–H and O–H groups in total. The number of nitrogens with one attached hydrogen (secondary N) is 1. The van der Waals surface area contributed by atoms with Gasteiger partial charge in [-0.1, -0.05) is 6.92 Å². The number of rotatable bonds is 3. The summed E-state index contributed by atoms with van der Waals surface area (Å²) >= 11 is 0. The zero-order valence-corrected chi connectivity index (χ0v) is 9.30. The molecule has 0 saturated carbocycles. The fourth-order valence-electron chi connectivity index (χ4n) is 2.71. The number of hydrogen-bond donors (Lipinski definition) is 1. The third kappa shape index (κ3) is 2.71. The van der Waals surface area contributed by atoms with Crippen molar-refractivity contribution in [3.8, 4) is 0 Å². The molecule has 0 bridgehead atoms. The van der Waals surface area contributed by atoms with Gasteiger partial charge in [0.2, 0.25) is 0 Å². The SMILES string of the molecule is CC1CCNCC1CCC1CCCO1. The normalized spacial score (nSPS) is 38.8. The molecule has 0 amide bonds. The Morgan fingerprint density at radius 3 is 2.93 bits per heavy atom. The molecule has 3 unspecified atom stereocenters. The van der Waals surface area contributed by atoms with Crippen LogP contribution in [0.25, 0.3) is 0 Å². The summed E-state index contributed by atoms with van der Waals surface area (Å²) in [5.74, 6) is 1.81. The van der Waals surface area contributed by atoms with Gasteiger partial charge in [-0.15, -0.1) is 0 Å². The Morgan fingerprint density at radius 1 is 1.29 bits per heavy atom. The summed E-state index contributed by atoms with van der Waals surface area (Å²) in [7, 11) is 0. The van der Waals surface area contributed by atoms with Crippen LogP contribution in [0.1, 0.15) is 39.0 Å². The zero-order valence-electron chi connectivity index (χ0n) is 9.30. The van der Waals surface area contributed by atoms with Crippen LogP contribution in [-0.2, 0) is 4.74 Å². The minimum atomic E-state index is 0.587. The minimum absolute atomic E-state index is 0.587. The van der Waals surface area contributed by atoms with E-state index in [1.807, 2.05) is 0 Å². The molecular weight excluding hydrogens is 174 g/mol. The third-order valence-corrected chi connectivity index (χ3v) is 3.87. The second kappa shape index (κ2) is 5.13. The smallest absolute Gasteiger partial charge is 0.0576 e. The quantitative estimate of drug-likeness (QED) is 0.749. The van der Waals surface area contributed by atoms with E-state index in [0.29, 0.717) is 6.10 Å². The molecular formula is C12H23NO. The molecule has 0 radical (unpaired) electrons. The van der Waals surface area contributed by atoms with Crippen LogP contribution in [0, 0.1) is 11.8 Å². The molecule has 0 aromatic carbocycles. The van der Waals surface area contributed by atoms with Crippen molar-refractivity contribution in [2.75, 3.05) is 19.7 Å². The van der Waals surface area contributed by atoms with Crippen LogP contribution < -0.4 is 5.32 Å². The van der Waals surface area contributed by atoms with Crippen molar-refractivity contribution in [3.05, 3.63) is 0 Å². The van der Waals surface area contributed by atoms with Gasteiger partial charge in [-0.3, -0.25) is 0 Å². The lowest BCUT2D eigenvalue weighted by atomic mass is 9.84. The van der Waals surface area contributed by atoms with Gasteiger partial charge in [-0.05, 0) is 57.0 Å². The number of ether oxygens (including phenoxy) is 1. The summed E-state index contributed by atoms with van der Waals surface area (Å²) in [6.45, 7) is 5.86. The average molecular weight is 197 g/mol. The Bertz CT molecular complexity index is 166. The highest BCUT2D eigenvalue weighted by Crippen LogP contribution is 2.26. The van der Waals surface area contributed by atoms with Crippen LogP contribution in [-0.4, -0.2) is 25.8 Å². The fraction of sp³-hybridized carbons (Fsp3) is 1.00. The molecule has 2 heteroatoms. The second-order valence-electron chi connectivity index (χ2n) is 4.94. The topological polar surface area (TPSA) is 21.3 Å². The standard InChI is InChI=1S/C12H23NO/c1-10-6-7-13-9-11(10)4-5-12-3-2-8-14-12/h10-13H,2-9H2,1H3. The van der Waals surface area contributed by atoms with Gasteiger partial charge >= 0.3 is 0 Å². The van der Waals surface area contributed by atoms with E-state index >= 15 is 0 Å². The summed E-state index contributed by atoms with van der Waals surface area (Å²) in [5, 5.41) is 3.50. The Morgan fingerprint density at radius 2 is 2.21 bits per heavy atom. The van der Waals surface area contributed by atoms with Crippen LogP contribution in [0.15, 0.2) is 0 Å².